The first-order chi connectivity index (χ1) is 9.81. The van der Waals surface area contributed by atoms with Crippen LogP contribution in [0.1, 0.15) is 18.4 Å². The van der Waals surface area contributed by atoms with Gasteiger partial charge in [0.05, 0.1) is 11.8 Å². The lowest BCUT2D eigenvalue weighted by Gasteiger charge is -2.12. The summed E-state index contributed by atoms with van der Waals surface area (Å²) in [6.07, 6.45) is 2.59. The number of anilines is 1. The van der Waals surface area contributed by atoms with Crippen LogP contribution in [0.3, 0.4) is 0 Å². The highest BCUT2D eigenvalue weighted by atomic mass is 32.2. The maximum absolute atomic E-state index is 11.9. The van der Waals surface area contributed by atoms with Gasteiger partial charge in [-0.25, -0.2) is 8.42 Å². The molecule has 21 heavy (non-hydrogen) atoms. The number of aliphatic hydroxyl groups is 1. The van der Waals surface area contributed by atoms with Crippen LogP contribution in [0.5, 0.6) is 0 Å². The molecule has 0 aliphatic rings. The molecule has 0 aliphatic carbocycles. The van der Waals surface area contributed by atoms with Gasteiger partial charge in [-0.3, -0.25) is 4.79 Å². The van der Waals surface area contributed by atoms with Crippen molar-refractivity contribution in [2.24, 2.45) is 5.73 Å². The van der Waals surface area contributed by atoms with E-state index in [9.17, 15) is 13.2 Å². The summed E-state index contributed by atoms with van der Waals surface area (Å²) < 4.78 is 22.1. The Morgan fingerprint density at radius 3 is 2.76 bits per heavy atom. The minimum Gasteiger partial charge on any atom is -0.396 e. The van der Waals surface area contributed by atoms with E-state index >= 15 is 0 Å². The van der Waals surface area contributed by atoms with Crippen molar-refractivity contribution in [3.8, 4) is 0 Å². The molecule has 1 unspecified atom stereocenters. The van der Waals surface area contributed by atoms with Gasteiger partial charge in [-0.1, -0.05) is 12.1 Å². The van der Waals surface area contributed by atoms with Gasteiger partial charge in [0.1, 0.15) is 9.84 Å². The van der Waals surface area contributed by atoms with Crippen LogP contribution in [0, 0.1) is 0 Å². The first-order valence-corrected chi connectivity index (χ1v) is 8.82. The molecular weight excluding hydrogens is 292 g/mol. The summed E-state index contributed by atoms with van der Waals surface area (Å²) >= 11 is 0. The minimum atomic E-state index is -3.13. The van der Waals surface area contributed by atoms with Crippen LogP contribution in [-0.4, -0.2) is 44.1 Å². The van der Waals surface area contributed by atoms with Gasteiger partial charge in [-0.2, -0.15) is 0 Å². The third kappa shape index (κ3) is 7.22. The van der Waals surface area contributed by atoms with Crippen molar-refractivity contribution >= 4 is 21.4 Å². The quantitative estimate of drug-likeness (QED) is 0.640. The maximum atomic E-state index is 11.9. The fraction of sp³-hybridized carbons (Fsp3) is 0.500. The van der Waals surface area contributed by atoms with E-state index in [1.165, 1.54) is 0 Å². The van der Waals surface area contributed by atoms with Crippen LogP contribution in [-0.2, 0) is 21.1 Å². The number of rotatable bonds is 8. The summed E-state index contributed by atoms with van der Waals surface area (Å²) in [5.41, 5.74) is 7.30. The molecule has 0 saturated carbocycles. The summed E-state index contributed by atoms with van der Waals surface area (Å²) in [7, 11) is -3.13. The van der Waals surface area contributed by atoms with Crippen molar-refractivity contribution in [2.75, 3.05) is 23.9 Å². The van der Waals surface area contributed by atoms with Gasteiger partial charge in [0, 0.05) is 18.6 Å². The van der Waals surface area contributed by atoms with Crippen LogP contribution in [0.25, 0.3) is 0 Å². The van der Waals surface area contributed by atoms with Gasteiger partial charge in [-0.15, -0.1) is 0 Å². The van der Waals surface area contributed by atoms with E-state index in [2.05, 4.69) is 5.32 Å². The molecular formula is C14H22N2O4S. The van der Waals surface area contributed by atoms with Crippen LogP contribution in [0.15, 0.2) is 24.3 Å². The molecule has 0 saturated heterocycles. The summed E-state index contributed by atoms with van der Waals surface area (Å²) in [6, 6.07) is 6.42. The molecule has 0 bridgehead atoms. The molecule has 7 heteroatoms. The second kappa shape index (κ2) is 8.11. The van der Waals surface area contributed by atoms with Gasteiger partial charge in [-0.05, 0) is 37.0 Å². The molecule has 0 spiro atoms. The fourth-order valence-electron chi connectivity index (χ4n) is 1.79. The SMILES string of the molecule is CS(=O)(=O)CCC(N)C(=O)Nc1cccc(CCCO)c1. The monoisotopic (exact) mass is 314 g/mol. The van der Waals surface area contributed by atoms with E-state index < -0.39 is 21.8 Å². The smallest absolute Gasteiger partial charge is 0.241 e. The van der Waals surface area contributed by atoms with Crippen LogP contribution >= 0.6 is 0 Å². The number of nitrogens with two attached hydrogens (primary N) is 1. The van der Waals surface area contributed by atoms with Crippen molar-refractivity contribution < 1.29 is 18.3 Å². The molecule has 0 radical (unpaired) electrons. The lowest BCUT2D eigenvalue weighted by Crippen LogP contribution is -2.37. The summed E-state index contributed by atoms with van der Waals surface area (Å²) in [4.78, 5) is 11.9. The average molecular weight is 314 g/mol. The zero-order valence-electron chi connectivity index (χ0n) is 12.1. The molecule has 0 heterocycles. The molecule has 118 valence electrons. The Bertz CT molecular complexity index is 572. The van der Waals surface area contributed by atoms with E-state index in [0.717, 1.165) is 18.2 Å². The van der Waals surface area contributed by atoms with Gasteiger partial charge in [0.15, 0.2) is 0 Å². The number of amides is 1. The van der Waals surface area contributed by atoms with Gasteiger partial charge < -0.3 is 16.2 Å². The van der Waals surface area contributed by atoms with Crippen LogP contribution < -0.4 is 11.1 Å². The number of nitrogens with one attached hydrogen (secondary N) is 1. The van der Waals surface area contributed by atoms with Gasteiger partial charge in [0.2, 0.25) is 5.91 Å². The minimum absolute atomic E-state index is 0.0921. The number of carbonyl (C=O) groups excluding carboxylic acids is 1. The Morgan fingerprint density at radius 1 is 1.43 bits per heavy atom. The van der Waals surface area contributed by atoms with Gasteiger partial charge >= 0.3 is 0 Å². The number of aryl methyl sites for hydroxylation is 1. The normalized spacial score (nSPS) is 12.9. The van der Waals surface area contributed by atoms with E-state index in [4.69, 9.17) is 10.8 Å². The zero-order chi connectivity index (χ0) is 15.9. The van der Waals surface area contributed by atoms with Crippen molar-refractivity contribution in [3.05, 3.63) is 29.8 Å². The second-order valence-corrected chi connectivity index (χ2v) is 7.30. The average Bonchev–Trinajstić information content (AvgIpc) is 2.42. The number of benzene rings is 1. The van der Waals surface area contributed by atoms with E-state index in [-0.39, 0.29) is 18.8 Å². The molecule has 0 aromatic heterocycles. The molecule has 6 nitrogen and oxygen atoms in total. The highest BCUT2D eigenvalue weighted by Gasteiger charge is 2.16. The topological polar surface area (TPSA) is 109 Å². The fourth-order valence-corrected chi connectivity index (χ4v) is 2.48. The molecule has 1 rings (SSSR count). The number of sulfone groups is 1. The summed E-state index contributed by atoms with van der Waals surface area (Å²) in [5, 5.41) is 11.5. The highest BCUT2D eigenvalue weighted by molar-refractivity contribution is 7.90. The molecule has 1 aromatic carbocycles. The standard InChI is InChI=1S/C14H22N2O4S/c1-21(19,20)9-7-13(15)14(18)16-12-6-2-4-11(10-12)5-3-8-17/h2,4,6,10,13,17H,3,5,7-9,15H2,1H3,(H,16,18). The summed E-state index contributed by atoms with van der Waals surface area (Å²) in [5.74, 6) is -0.518. The Hall–Kier alpha value is -1.44. The largest absolute Gasteiger partial charge is 0.396 e. The summed E-state index contributed by atoms with van der Waals surface area (Å²) in [6.45, 7) is 0.118. The number of hydrogen-bond acceptors (Lipinski definition) is 5. The van der Waals surface area contributed by atoms with E-state index in [0.29, 0.717) is 12.1 Å². The Morgan fingerprint density at radius 2 is 2.14 bits per heavy atom. The van der Waals surface area contributed by atoms with Crippen LogP contribution in [0.2, 0.25) is 0 Å². The molecule has 1 amide bonds. The lowest BCUT2D eigenvalue weighted by atomic mass is 10.1. The first kappa shape index (κ1) is 17.6. The van der Waals surface area contributed by atoms with Crippen molar-refractivity contribution in [1.29, 1.82) is 0 Å². The number of aliphatic hydroxyl groups excluding tert-OH is 1. The first-order valence-electron chi connectivity index (χ1n) is 6.76. The number of hydrogen-bond donors (Lipinski definition) is 3. The second-order valence-electron chi connectivity index (χ2n) is 5.04. The Kier molecular flexibility index (Phi) is 6.80. The predicted molar refractivity (Wildman–Crippen MR) is 82.8 cm³/mol. The molecule has 4 N–H and O–H groups in total. The Balaban J connectivity index is 2.57. The molecule has 0 aliphatic heterocycles. The zero-order valence-corrected chi connectivity index (χ0v) is 12.9. The highest BCUT2D eigenvalue weighted by Crippen LogP contribution is 2.12. The third-order valence-electron chi connectivity index (χ3n) is 2.95. The maximum Gasteiger partial charge on any atom is 0.241 e. The van der Waals surface area contributed by atoms with Crippen molar-refractivity contribution in [2.45, 2.75) is 25.3 Å². The predicted octanol–water partition coefficient (Wildman–Crippen LogP) is 0.312. The van der Waals surface area contributed by atoms with Crippen molar-refractivity contribution in [1.82, 2.24) is 0 Å². The number of carbonyl (C=O) groups is 1. The molecule has 1 aromatic rings. The molecule has 1 atom stereocenters. The lowest BCUT2D eigenvalue weighted by molar-refractivity contribution is -0.117. The van der Waals surface area contributed by atoms with E-state index in [1.807, 2.05) is 18.2 Å². The van der Waals surface area contributed by atoms with Crippen LogP contribution in [0.4, 0.5) is 5.69 Å². The third-order valence-corrected chi connectivity index (χ3v) is 3.93. The van der Waals surface area contributed by atoms with E-state index in [1.54, 1.807) is 6.07 Å². The molecule has 0 fully saturated rings. The van der Waals surface area contributed by atoms with Crippen molar-refractivity contribution in [3.63, 3.8) is 0 Å². The van der Waals surface area contributed by atoms with Gasteiger partial charge in [0.25, 0.3) is 0 Å². The Labute approximate surface area is 125 Å².